The van der Waals surface area contributed by atoms with E-state index in [1.165, 1.54) is 0 Å². The number of hydrogen-bond donors (Lipinski definition) is 0. The summed E-state index contributed by atoms with van der Waals surface area (Å²) in [5, 5.41) is 3.96. The van der Waals surface area contributed by atoms with Crippen molar-refractivity contribution in [3.05, 3.63) is 59.2 Å². The Bertz CT molecular complexity index is 713. The number of aromatic nitrogens is 3. The number of ether oxygens (including phenoxy) is 1. The maximum Gasteiger partial charge on any atom is 0.267 e. The monoisotopic (exact) mass is 345 g/mol. The Balaban J connectivity index is 1.75. The average Bonchev–Trinajstić information content (AvgIpc) is 3.00. The molecule has 2 aromatic heterocycles. The lowest BCUT2D eigenvalue weighted by molar-refractivity contribution is 0.176. The van der Waals surface area contributed by atoms with Crippen LogP contribution in [0.4, 0.5) is 0 Å². The average molecular weight is 346 g/mol. The second kappa shape index (κ2) is 6.05. The molecule has 0 saturated heterocycles. The van der Waals surface area contributed by atoms with E-state index in [4.69, 9.17) is 9.26 Å². The Labute approximate surface area is 130 Å². The number of pyridine rings is 1. The van der Waals surface area contributed by atoms with Crippen molar-refractivity contribution in [3.8, 4) is 17.1 Å². The maximum absolute atomic E-state index is 5.78. The summed E-state index contributed by atoms with van der Waals surface area (Å²) >= 11 is 3.38. The summed E-state index contributed by atoms with van der Waals surface area (Å²) in [5.41, 5.74) is 0.857. The Morgan fingerprint density at radius 1 is 1.10 bits per heavy atom. The van der Waals surface area contributed by atoms with Crippen molar-refractivity contribution in [1.82, 2.24) is 15.1 Å². The number of rotatable bonds is 4. The van der Waals surface area contributed by atoms with Crippen LogP contribution in [0.1, 0.15) is 18.9 Å². The Kier molecular flexibility index (Phi) is 3.96. The van der Waals surface area contributed by atoms with E-state index in [9.17, 15) is 0 Å². The molecule has 3 aromatic rings. The molecule has 21 heavy (non-hydrogen) atoms. The largest absolute Gasteiger partial charge is 0.481 e. The first-order valence-corrected chi connectivity index (χ1v) is 7.18. The summed E-state index contributed by atoms with van der Waals surface area (Å²) in [4.78, 5) is 8.32. The molecule has 0 aliphatic rings. The molecule has 106 valence electrons. The molecule has 0 radical (unpaired) electrons. The predicted octanol–water partition coefficient (Wildman–Crippen LogP) is 4.03. The van der Waals surface area contributed by atoms with Crippen molar-refractivity contribution in [1.29, 1.82) is 0 Å². The van der Waals surface area contributed by atoms with Crippen LogP contribution in [0.3, 0.4) is 0 Å². The van der Waals surface area contributed by atoms with Crippen LogP contribution in [0.15, 0.2) is 57.8 Å². The van der Waals surface area contributed by atoms with E-state index in [2.05, 4.69) is 31.1 Å². The van der Waals surface area contributed by atoms with Gasteiger partial charge in [-0.05, 0) is 43.3 Å². The van der Waals surface area contributed by atoms with E-state index in [1.54, 1.807) is 12.4 Å². The summed E-state index contributed by atoms with van der Waals surface area (Å²) in [6, 6.07) is 11.2. The highest BCUT2D eigenvalue weighted by Crippen LogP contribution is 2.24. The lowest BCUT2D eigenvalue weighted by atomic mass is 10.2. The molecule has 0 saturated carbocycles. The molecule has 1 atom stereocenters. The summed E-state index contributed by atoms with van der Waals surface area (Å²) < 4.78 is 12.0. The van der Waals surface area contributed by atoms with Gasteiger partial charge in [0.05, 0.1) is 0 Å². The quantitative estimate of drug-likeness (QED) is 0.714. The first-order chi connectivity index (χ1) is 10.2. The van der Waals surface area contributed by atoms with Gasteiger partial charge in [0, 0.05) is 22.4 Å². The van der Waals surface area contributed by atoms with Crippen LogP contribution < -0.4 is 4.74 Å². The van der Waals surface area contributed by atoms with Gasteiger partial charge in [-0.2, -0.15) is 4.98 Å². The van der Waals surface area contributed by atoms with E-state index in [-0.39, 0.29) is 6.10 Å². The Morgan fingerprint density at radius 2 is 1.81 bits per heavy atom. The van der Waals surface area contributed by atoms with Gasteiger partial charge in [0.15, 0.2) is 6.10 Å². The molecule has 0 amide bonds. The lowest BCUT2D eigenvalue weighted by Gasteiger charge is -2.10. The molecule has 0 aliphatic carbocycles. The Hall–Kier alpha value is -2.21. The van der Waals surface area contributed by atoms with Gasteiger partial charge >= 0.3 is 0 Å². The minimum Gasteiger partial charge on any atom is -0.481 e. The van der Waals surface area contributed by atoms with Gasteiger partial charge in [-0.15, -0.1) is 0 Å². The number of halogens is 1. The van der Waals surface area contributed by atoms with Crippen LogP contribution in [-0.2, 0) is 0 Å². The van der Waals surface area contributed by atoms with Crippen molar-refractivity contribution in [2.45, 2.75) is 13.0 Å². The van der Waals surface area contributed by atoms with Crippen LogP contribution in [0.5, 0.6) is 5.75 Å². The van der Waals surface area contributed by atoms with Gasteiger partial charge in [0.25, 0.3) is 5.89 Å². The zero-order valence-corrected chi connectivity index (χ0v) is 12.8. The van der Waals surface area contributed by atoms with Gasteiger partial charge in [-0.25, -0.2) is 0 Å². The lowest BCUT2D eigenvalue weighted by Crippen LogP contribution is -2.03. The van der Waals surface area contributed by atoms with Crippen molar-refractivity contribution < 1.29 is 9.26 Å². The highest BCUT2D eigenvalue weighted by atomic mass is 79.9. The number of hydrogen-bond acceptors (Lipinski definition) is 5. The fourth-order valence-electron chi connectivity index (χ4n) is 1.79. The first-order valence-electron chi connectivity index (χ1n) is 6.38. The highest BCUT2D eigenvalue weighted by molar-refractivity contribution is 9.10. The SMILES string of the molecule is CC(Oc1ccc(Br)cc1)c1nc(-c2ccncc2)no1. The van der Waals surface area contributed by atoms with E-state index in [0.29, 0.717) is 11.7 Å². The molecule has 1 unspecified atom stereocenters. The molecule has 0 aliphatic heterocycles. The van der Waals surface area contributed by atoms with Crippen LogP contribution in [0.2, 0.25) is 0 Å². The molecule has 0 bridgehead atoms. The molecule has 3 rings (SSSR count). The molecule has 6 heteroatoms. The van der Waals surface area contributed by atoms with Crippen molar-refractivity contribution in [2.24, 2.45) is 0 Å². The van der Waals surface area contributed by atoms with E-state index < -0.39 is 0 Å². The third-order valence-corrected chi connectivity index (χ3v) is 3.38. The molecule has 0 spiro atoms. The van der Waals surface area contributed by atoms with Gasteiger partial charge in [-0.3, -0.25) is 4.98 Å². The van der Waals surface area contributed by atoms with Crippen LogP contribution in [-0.4, -0.2) is 15.1 Å². The zero-order chi connectivity index (χ0) is 14.7. The standard InChI is InChI=1S/C15H12BrN3O2/c1-10(20-13-4-2-12(16)3-5-13)15-18-14(19-21-15)11-6-8-17-9-7-11/h2-10H,1H3. The first kappa shape index (κ1) is 13.8. The minimum absolute atomic E-state index is 0.325. The minimum atomic E-state index is -0.325. The molecule has 5 nitrogen and oxygen atoms in total. The second-order valence-corrected chi connectivity index (χ2v) is 5.32. The van der Waals surface area contributed by atoms with Gasteiger partial charge in [-0.1, -0.05) is 21.1 Å². The van der Waals surface area contributed by atoms with E-state index in [0.717, 1.165) is 15.8 Å². The summed E-state index contributed by atoms with van der Waals surface area (Å²) in [7, 11) is 0. The van der Waals surface area contributed by atoms with E-state index in [1.807, 2.05) is 43.3 Å². The second-order valence-electron chi connectivity index (χ2n) is 4.41. The molecular weight excluding hydrogens is 334 g/mol. The molecule has 0 fully saturated rings. The molecule has 0 N–H and O–H groups in total. The molecule has 1 aromatic carbocycles. The normalized spacial score (nSPS) is 12.1. The smallest absolute Gasteiger partial charge is 0.267 e. The van der Waals surface area contributed by atoms with Crippen LogP contribution in [0.25, 0.3) is 11.4 Å². The third kappa shape index (κ3) is 3.28. The molecular formula is C15H12BrN3O2. The van der Waals surface area contributed by atoms with E-state index >= 15 is 0 Å². The summed E-state index contributed by atoms with van der Waals surface area (Å²) in [6.45, 7) is 1.87. The van der Waals surface area contributed by atoms with Crippen LogP contribution in [0, 0.1) is 0 Å². The predicted molar refractivity (Wildman–Crippen MR) is 80.7 cm³/mol. The summed E-state index contributed by atoms with van der Waals surface area (Å²) in [5.74, 6) is 1.71. The van der Waals surface area contributed by atoms with Gasteiger partial charge in [0.1, 0.15) is 5.75 Å². The zero-order valence-electron chi connectivity index (χ0n) is 11.2. The topological polar surface area (TPSA) is 61.0 Å². The van der Waals surface area contributed by atoms with Gasteiger partial charge in [0.2, 0.25) is 5.82 Å². The maximum atomic E-state index is 5.78. The number of nitrogens with zero attached hydrogens (tertiary/aromatic N) is 3. The fraction of sp³-hybridized carbons (Fsp3) is 0.133. The molecule has 2 heterocycles. The Morgan fingerprint density at radius 3 is 2.52 bits per heavy atom. The number of benzene rings is 1. The summed E-state index contributed by atoms with van der Waals surface area (Å²) in [6.07, 6.45) is 3.05. The third-order valence-electron chi connectivity index (χ3n) is 2.85. The van der Waals surface area contributed by atoms with Crippen molar-refractivity contribution in [2.75, 3.05) is 0 Å². The highest BCUT2D eigenvalue weighted by Gasteiger charge is 2.16. The van der Waals surface area contributed by atoms with Gasteiger partial charge < -0.3 is 9.26 Å². The van der Waals surface area contributed by atoms with Crippen molar-refractivity contribution in [3.63, 3.8) is 0 Å². The van der Waals surface area contributed by atoms with Crippen molar-refractivity contribution >= 4 is 15.9 Å². The fourth-order valence-corrected chi connectivity index (χ4v) is 2.05. The van der Waals surface area contributed by atoms with Crippen LogP contribution >= 0.6 is 15.9 Å².